The van der Waals surface area contributed by atoms with Gasteiger partial charge in [-0.2, -0.15) is 11.8 Å². The van der Waals surface area contributed by atoms with E-state index in [2.05, 4.69) is 15.6 Å². The van der Waals surface area contributed by atoms with E-state index in [1.54, 1.807) is 36.0 Å². The molecule has 7 nitrogen and oxygen atoms in total. The summed E-state index contributed by atoms with van der Waals surface area (Å²) in [7, 11) is 0. The molecule has 3 aromatic rings. The summed E-state index contributed by atoms with van der Waals surface area (Å²) in [4.78, 5) is 29.9. The Bertz CT molecular complexity index is 1010. The average Bonchev–Trinajstić information content (AvgIpc) is 3.16. The molecule has 0 radical (unpaired) electrons. The Morgan fingerprint density at radius 3 is 2.63 bits per heavy atom. The van der Waals surface area contributed by atoms with Crippen molar-refractivity contribution in [2.45, 2.75) is 12.5 Å². The lowest BCUT2D eigenvalue weighted by atomic mass is 10.1. The molecular weight excluding hydrogens is 422 g/mol. The summed E-state index contributed by atoms with van der Waals surface area (Å²) in [5.41, 5.74) is 1.25. The van der Waals surface area contributed by atoms with Crippen LogP contribution in [0.1, 0.15) is 16.8 Å². The molecule has 1 atom stereocenters. The molecule has 2 heterocycles. The second kappa shape index (κ2) is 9.36. The zero-order valence-corrected chi connectivity index (χ0v) is 18.0. The smallest absolute Gasteiger partial charge is 0.251 e. The second-order valence-electron chi connectivity index (χ2n) is 6.65. The quantitative estimate of drug-likeness (QED) is 0.580. The first kappa shape index (κ1) is 20.5. The number of thioether (sulfide) groups is 1. The van der Waals surface area contributed by atoms with Crippen molar-refractivity contribution < 1.29 is 19.1 Å². The van der Waals surface area contributed by atoms with Crippen LogP contribution in [-0.4, -0.2) is 48.1 Å². The lowest BCUT2D eigenvalue weighted by Gasteiger charge is -2.17. The number of nitrogens with one attached hydrogen (secondary N) is 2. The van der Waals surface area contributed by atoms with Crippen molar-refractivity contribution in [3.8, 4) is 11.5 Å². The summed E-state index contributed by atoms with van der Waals surface area (Å²) >= 11 is 2.98. The first-order valence-electron chi connectivity index (χ1n) is 9.50. The minimum atomic E-state index is -0.656. The predicted octanol–water partition coefficient (Wildman–Crippen LogP) is 3.56. The molecule has 0 spiro atoms. The van der Waals surface area contributed by atoms with Crippen LogP contribution in [0.4, 0.5) is 5.13 Å². The normalized spacial score (nSPS) is 13.6. The summed E-state index contributed by atoms with van der Waals surface area (Å²) in [5.74, 6) is 1.52. The Morgan fingerprint density at radius 1 is 1.17 bits per heavy atom. The van der Waals surface area contributed by atoms with Gasteiger partial charge in [0.05, 0.1) is 10.2 Å². The minimum Gasteiger partial charge on any atom is -0.486 e. The minimum absolute atomic E-state index is 0.275. The molecular formula is C21H21N3O4S2. The Labute approximate surface area is 182 Å². The van der Waals surface area contributed by atoms with Gasteiger partial charge in [-0.15, -0.1) is 0 Å². The van der Waals surface area contributed by atoms with Crippen LogP contribution >= 0.6 is 23.1 Å². The topological polar surface area (TPSA) is 89.6 Å². The molecule has 4 rings (SSSR count). The van der Waals surface area contributed by atoms with Crippen LogP contribution in [0.25, 0.3) is 10.2 Å². The molecule has 1 aromatic heterocycles. The van der Waals surface area contributed by atoms with Crippen molar-refractivity contribution in [3.05, 3.63) is 48.0 Å². The molecule has 2 aromatic carbocycles. The molecule has 0 bridgehead atoms. The zero-order chi connectivity index (χ0) is 20.9. The van der Waals surface area contributed by atoms with Crippen molar-refractivity contribution >= 4 is 50.3 Å². The maximum absolute atomic E-state index is 12.9. The lowest BCUT2D eigenvalue weighted by molar-refractivity contribution is -0.118. The number of nitrogens with zero attached hydrogens (tertiary/aromatic N) is 1. The van der Waals surface area contributed by atoms with Crippen LogP contribution in [0.15, 0.2) is 42.5 Å². The Kier molecular flexibility index (Phi) is 6.39. The number of thiazole rings is 1. The van der Waals surface area contributed by atoms with Crippen molar-refractivity contribution in [2.24, 2.45) is 0 Å². The third-order valence-corrected chi connectivity index (χ3v) is 6.13. The summed E-state index contributed by atoms with van der Waals surface area (Å²) < 4.78 is 12.1. The molecule has 1 aliphatic heterocycles. The van der Waals surface area contributed by atoms with Crippen molar-refractivity contribution in [1.29, 1.82) is 0 Å². The molecule has 156 valence electrons. The van der Waals surface area contributed by atoms with E-state index < -0.39 is 6.04 Å². The fourth-order valence-electron chi connectivity index (χ4n) is 3.05. The van der Waals surface area contributed by atoms with Gasteiger partial charge in [0.25, 0.3) is 5.91 Å². The van der Waals surface area contributed by atoms with E-state index in [4.69, 9.17) is 9.47 Å². The first-order valence-corrected chi connectivity index (χ1v) is 11.7. The van der Waals surface area contributed by atoms with E-state index in [-0.39, 0.29) is 11.8 Å². The van der Waals surface area contributed by atoms with Crippen LogP contribution < -0.4 is 20.1 Å². The van der Waals surface area contributed by atoms with E-state index in [0.717, 1.165) is 16.0 Å². The number of aromatic nitrogens is 1. The zero-order valence-electron chi connectivity index (χ0n) is 16.3. The molecule has 30 heavy (non-hydrogen) atoms. The second-order valence-corrected chi connectivity index (χ2v) is 8.66. The largest absolute Gasteiger partial charge is 0.486 e. The average molecular weight is 444 g/mol. The van der Waals surface area contributed by atoms with Gasteiger partial charge < -0.3 is 20.1 Å². The summed E-state index contributed by atoms with van der Waals surface area (Å²) in [6.07, 6.45) is 2.49. The molecule has 1 aliphatic rings. The van der Waals surface area contributed by atoms with E-state index in [9.17, 15) is 9.59 Å². The third-order valence-electron chi connectivity index (χ3n) is 4.55. The summed E-state index contributed by atoms with van der Waals surface area (Å²) in [6.45, 7) is 1.02. The Balaban J connectivity index is 1.49. The molecule has 1 unspecified atom stereocenters. The van der Waals surface area contributed by atoms with Gasteiger partial charge in [0, 0.05) is 17.7 Å². The van der Waals surface area contributed by atoms with Gasteiger partial charge in [0.15, 0.2) is 16.6 Å². The number of carbonyl (C=O) groups excluding carboxylic acids is 2. The lowest BCUT2D eigenvalue weighted by Crippen LogP contribution is -2.44. The highest BCUT2D eigenvalue weighted by atomic mass is 32.2. The molecule has 2 N–H and O–H groups in total. The van der Waals surface area contributed by atoms with Gasteiger partial charge in [0.1, 0.15) is 19.3 Å². The Morgan fingerprint density at radius 2 is 1.90 bits per heavy atom. The van der Waals surface area contributed by atoms with Crippen LogP contribution in [0.2, 0.25) is 0 Å². The monoisotopic (exact) mass is 443 g/mol. The first-order chi connectivity index (χ1) is 14.6. The highest BCUT2D eigenvalue weighted by molar-refractivity contribution is 7.98. The molecule has 0 fully saturated rings. The SMILES string of the molecule is CSCCC(NC(=O)c1ccccc1)C(=O)Nc1nc2cc3c(cc2s1)OCCO3. The third kappa shape index (κ3) is 4.68. The predicted molar refractivity (Wildman–Crippen MR) is 120 cm³/mol. The van der Waals surface area contributed by atoms with Gasteiger partial charge in [-0.05, 0) is 30.6 Å². The van der Waals surface area contributed by atoms with E-state index in [0.29, 0.717) is 41.8 Å². The van der Waals surface area contributed by atoms with Gasteiger partial charge in [-0.1, -0.05) is 29.5 Å². The Hall–Kier alpha value is -2.78. The summed E-state index contributed by atoms with van der Waals surface area (Å²) in [6, 6.07) is 11.9. The molecule has 9 heteroatoms. The van der Waals surface area contributed by atoms with Crippen LogP contribution in [-0.2, 0) is 4.79 Å². The highest BCUT2D eigenvalue weighted by Crippen LogP contribution is 2.37. The van der Waals surface area contributed by atoms with Gasteiger partial charge >= 0.3 is 0 Å². The van der Waals surface area contributed by atoms with Crippen LogP contribution in [0.3, 0.4) is 0 Å². The van der Waals surface area contributed by atoms with Crippen molar-refractivity contribution in [1.82, 2.24) is 10.3 Å². The van der Waals surface area contributed by atoms with Crippen molar-refractivity contribution in [3.63, 3.8) is 0 Å². The maximum Gasteiger partial charge on any atom is 0.251 e. The van der Waals surface area contributed by atoms with Crippen molar-refractivity contribution in [2.75, 3.05) is 30.5 Å². The molecule has 2 amide bonds. The number of ether oxygens (including phenoxy) is 2. The number of fused-ring (bicyclic) bond motifs is 2. The number of hydrogen-bond donors (Lipinski definition) is 2. The molecule has 0 saturated carbocycles. The molecule has 0 aliphatic carbocycles. The number of hydrogen-bond acceptors (Lipinski definition) is 7. The number of benzene rings is 2. The fourth-order valence-corrected chi connectivity index (χ4v) is 4.40. The number of rotatable bonds is 7. The maximum atomic E-state index is 12.9. The van der Waals surface area contributed by atoms with Gasteiger partial charge in [-0.3, -0.25) is 9.59 Å². The van der Waals surface area contributed by atoms with E-state index >= 15 is 0 Å². The standard InChI is InChI=1S/C21H21N3O4S2/c1-29-10-7-14(22-19(25)13-5-3-2-4-6-13)20(26)24-21-23-15-11-16-17(12-18(15)30-21)28-9-8-27-16/h2-6,11-12,14H,7-10H2,1H3,(H,22,25)(H,23,24,26). The van der Waals surface area contributed by atoms with E-state index in [1.807, 2.05) is 24.5 Å². The molecule has 0 saturated heterocycles. The highest BCUT2D eigenvalue weighted by Gasteiger charge is 2.23. The number of amides is 2. The fraction of sp³-hybridized carbons (Fsp3) is 0.286. The summed E-state index contributed by atoms with van der Waals surface area (Å²) in [5, 5.41) is 6.16. The van der Waals surface area contributed by atoms with Crippen LogP contribution in [0.5, 0.6) is 11.5 Å². The van der Waals surface area contributed by atoms with Crippen LogP contribution in [0, 0.1) is 0 Å². The van der Waals surface area contributed by atoms with Gasteiger partial charge in [0.2, 0.25) is 5.91 Å². The van der Waals surface area contributed by atoms with Gasteiger partial charge in [-0.25, -0.2) is 4.98 Å². The van der Waals surface area contributed by atoms with E-state index in [1.165, 1.54) is 11.3 Å². The number of anilines is 1. The number of carbonyl (C=O) groups is 2.